The van der Waals surface area contributed by atoms with Gasteiger partial charge in [-0.1, -0.05) is 38.1 Å². The number of hydrogen-bond acceptors (Lipinski definition) is 3. The molecule has 0 fully saturated rings. The summed E-state index contributed by atoms with van der Waals surface area (Å²) in [6.07, 6.45) is 0.645. The van der Waals surface area contributed by atoms with E-state index in [1.54, 1.807) is 19.2 Å². The Bertz CT molecular complexity index is 707. The SMILES string of the molecule is COc1ccc(CCNC(=O)C(=O)Nc2ccc(C(C)C)cc2)cc1. The summed E-state index contributed by atoms with van der Waals surface area (Å²) in [4.78, 5) is 23.8. The molecule has 2 N–H and O–H groups in total. The number of hydrogen-bond donors (Lipinski definition) is 2. The van der Waals surface area contributed by atoms with Crippen molar-refractivity contribution in [1.29, 1.82) is 0 Å². The number of nitrogens with one attached hydrogen (secondary N) is 2. The third kappa shape index (κ3) is 5.64. The van der Waals surface area contributed by atoms with Crippen molar-refractivity contribution >= 4 is 17.5 Å². The van der Waals surface area contributed by atoms with Gasteiger partial charge in [0.05, 0.1) is 7.11 Å². The smallest absolute Gasteiger partial charge is 0.313 e. The average molecular weight is 340 g/mol. The van der Waals surface area contributed by atoms with Crippen molar-refractivity contribution in [3.05, 3.63) is 59.7 Å². The first-order valence-electron chi connectivity index (χ1n) is 8.31. The maximum Gasteiger partial charge on any atom is 0.313 e. The highest BCUT2D eigenvalue weighted by atomic mass is 16.5. The Balaban J connectivity index is 1.78. The van der Waals surface area contributed by atoms with Crippen LogP contribution in [-0.4, -0.2) is 25.5 Å². The number of carbonyl (C=O) groups is 2. The van der Waals surface area contributed by atoms with Gasteiger partial charge in [-0.2, -0.15) is 0 Å². The third-order valence-corrected chi connectivity index (χ3v) is 3.90. The van der Waals surface area contributed by atoms with E-state index < -0.39 is 11.8 Å². The van der Waals surface area contributed by atoms with Crippen molar-refractivity contribution in [2.75, 3.05) is 19.0 Å². The van der Waals surface area contributed by atoms with E-state index >= 15 is 0 Å². The molecule has 5 nitrogen and oxygen atoms in total. The van der Waals surface area contributed by atoms with Crippen molar-refractivity contribution in [3.8, 4) is 5.75 Å². The Morgan fingerprint density at radius 3 is 2.16 bits per heavy atom. The molecule has 0 unspecified atom stereocenters. The van der Waals surface area contributed by atoms with Gasteiger partial charge in [0.2, 0.25) is 0 Å². The predicted molar refractivity (Wildman–Crippen MR) is 98.9 cm³/mol. The first kappa shape index (κ1) is 18.5. The molecule has 2 rings (SSSR count). The number of benzene rings is 2. The van der Waals surface area contributed by atoms with Crippen LogP contribution in [0.1, 0.15) is 30.9 Å². The number of methoxy groups -OCH3 is 1. The molecule has 5 heteroatoms. The van der Waals surface area contributed by atoms with Crippen LogP contribution in [0.4, 0.5) is 5.69 Å². The molecule has 0 aliphatic rings. The van der Waals surface area contributed by atoms with E-state index in [-0.39, 0.29) is 0 Å². The Morgan fingerprint density at radius 1 is 0.960 bits per heavy atom. The predicted octanol–water partition coefficient (Wildman–Crippen LogP) is 3.12. The summed E-state index contributed by atoms with van der Waals surface area (Å²) in [5.74, 6) is -0.0878. The topological polar surface area (TPSA) is 67.4 Å². The normalized spacial score (nSPS) is 10.4. The number of rotatable bonds is 6. The minimum Gasteiger partial charge on any atom is -0.497 e. The van der Waals surface area contributed by atoms with Crippen molar-refractivity contribution in [2.24, 2.45) is 0 Å². The highest BCUT2D eigenvalue weighted by Crippen LogP contribution is 2.17. The lowest BCUT2D eigenvalue weighted by Gasteiger charge is -2.09. The number of anilines is 1. The maximum absolute atomic E-state index is 11.9. The fourth-order valence-electron chi connectivity index (χ4n) is 2.33. The molecular weight excluding hydrogens is 316 g/mol. The van der Waals surface area contributed by atoms with E-state index in [0.717, 1.165) is 11.3 Å². The first-order valence-corrected chi connectivity index (χ1v) is 8.31. The lowest BCUT2D eigenvalue weighted by Crippen LogP contribution is -2.36. The van der Waals surface area contributed by atoms with Crippen molar-refractivity contribution in [2.45, 2.75) is 26.2 Å². The second kappa shape index (κ2) is 8.87. The third-order valence-electron chi connectivity index (χ3n) is 3.90. The summed E-state index contributed by atoms with van der Waals surface area (Å²) >= 11 is 0. The molecule has 0 saturated heterocycles. The van der Waals surface area contributed by atoms with Crippen LogP contribution in [0.15, 0.2) is 48.5 Å². The molecule has 0 saturated carbocycles. The van der Waals surface area contributed by atoms with Gasteiger partial charge in [-0.15, -0.1) is 0 Å². The second-order valence-corrected chi connectivity index (χ2v) is 6.08. The zero-order valence-corrected chi connectivity index (χ0v) is 14.8. The summed E-state index contributed by atoms with van der Waals surface area (Å²) in [5.41, 5.74) is 2.85. The van der Waals surface area contributed by atoms with Crippen LogP contribution in [-0.2, 0) is 16.0 Å². The Labute approximate surface area is 148 Å². The average Bonchev–Trinajstić information content (AvgIpc) is 2.62. The van der Waals surface area contributed by atoms with E-state index in [1.165, 1.54) is 5.56 Å². The fourth-order valence-corrected chi connectivity index (χ4v) is 2.33. The molecule has 0 aliphatic carbocycles. The molecule has 0 spiro atoms. The van der Waals surface area contributed by atoms with Gasteiger partial charge >= 0.3 is 11.8 Å². The monoisotopic (exact) mass is 340 g/mol. The molecule has 0 aliphatic heterocycles. The van der Waals surface area contributed by atoms with Crippen LogP contribution < -0.4 is 15.4 Å². The molecule has 2 aromatic rings. The van der Waals surface area contributed by atoms with Crippen LogP contribution in [0.25, 0.3) is 0 Å². The van der Waals surface area contributed by atoms with Gasteiger partial charge in [0.15, 0.2) is 0 Å². The van der Waals surface area contributed by atoms with Gasteiger partial charge in [-0.05, 0) is 47.7 Å². The van der Waals surface area contributed by atoms with Gasteiger partial charge in [-0.3, -0.25) is 9.59 Å². The molecule has 0 heterocycles. The zero-order chi connectivity index (χ0) is 18.2. The van der Waals surface area contributed by atoms with Gasteiger partial charge in [0.25, 0.3) is 0 Å². The van der Waals surface area contributed by atoms with Crippen molar-refractivity contribution < 1.29 is 14.3 Å². The largest absolute Gasteiger partial charge is 0.497 e. The van der Waals surface area contributed by atoms with E-state index in [1.807, 2.05) is 36.4 Å². The quantitative estimate of drug-likeness (QED) is 0.794. The molecule has 0 bridgehead atoms. The Kier molecular flexibility index (Phi) is 6.57. The lowest BCUT2D eigenvalue weighted by atomic mass is 10.0. The highest BCUT2D eigenvalue weighted by Gasteiger charge is 2.13. The molecule has 0 aromatic heterocycles. The maximum atomic E-state index is 11.9. The van der Waals surface area contributed by atoms with Gasteiger partial charge in [-0.25, -0.2) is 0 Å². The van der Waals surface area contributed by atoms with Crippen LogP contribution >= 0.6 is 0 Å². The highest BCUT2D eigenvalue weighted by molar-refractivity contribution is 6.39. The molecule has 2 aromatic carbocycles. The van der Waals surface area contributed by atoms with Gasteiger partial charge < -0.3 is 15.4 Å². The number of ether oxygens (including phenoxy) is 1. The number of carbonyl (C=O) groups excluding carboxylic acids is 2. The van der Waals surface area contributed by atoms with E-state index in [9.17, 15) is 9.59 Å². The molecule has 25 heavy (non-hydrogen) atoms. The summed E-state index contributed by atoms with van der Waals surface area (Å²) in [5, 5.41) is 5.23. The van der Waals surface area contributed by atoms with Crippen molar-refractivity contribution in [1.82, 2.24) is 5.32 Å². The van der Waals surface area contributed by atoms with Crippen LogP contribution in [0.5, 0.6) is 5.75 Å². The summed E-state index contributed by atoms with van der Waals surface area (Å²) in [7, 11) is 1.62. The molecule has 0 atom stereocenters. The Morgan fingerprint density at radius 2 is 1.60 bits per heavy atom. The molecular formula is C20H24N2O3. The zero-order valence-electron chi connectivity index (χ0n) is 14.8. The first-order chi connectivity index (χ1) is 12.0. The minimum atomic E-state index is -0.660. The van der Waals surface area contributed by atoms with Crippen LogP contribution in [0, 0.1) is 0 Å². The second-order valence-electron chi connectivity index (χ2n) is 6.08. The van der Waals surface area contributed by atoms with E-state index in [2.05, 4.69) is 24.5 Å². The van der Waals surface area contributed by atoms with E-state index in [0.29, 0.717) is 24.6 Å². The van der Waals surface area contributed by atoms with Gasteiger partial charge in [0.1, 0.15) is 5.75 Å². The van der Waals surface area contributed by atoms with E-state index in [4.69, 9.17) is 4.74 Å². The fraction of sp³-hybridized carbons (Fsp3) is 0.300. The standard InChI is InChI=1S/C20H24N2O3/c1-14(2)16-6-8-17(9-7-16)22-20(24)19(23)21-13-12-15-4-10-18(25-3)11-5-15/h4-11,14H,12-13H2,1-3H3,(H,21,23)(H,22,24). The Hall–Kier alpha value is -2.82. The summed E-state index contributed by atoms with van der Waals surface area (Å²) in [6.45, 7) is 4.60. The van der Waals surface area contributed by atoms with Crippen molar-refractivity contribution in [3.63, 3.8) is 0 Å². The minimum absolute atomic E-state index is 0.394. The molecule has 0 radical (unpaired) electrons. The summed E-state index contributed by atoms with van der Waals surface area (Å²) in [6, 6.07) is 15.1. The molecule has 132 valence electrons. The summed E-state index contributed by atoms with van der Waals surface area (Å²) < 4.78 is 5.10. The van der Waals surface area contributed by atoms with Gasteiger partial charge in [0, 0.05) is 12.2 Å². The molecule has 2 amide bonds. The van der Waals surface area contributed by atoms with Crippen LogP contribution in [0.3, 0.4) is 0 Å². The number of amides is 2. The lowest BCUT2D eigenvalue weighted by molar-refractivity contribution is -0.136. The van der Waals surface area contributed by atoms with Crippen LogP contribution in [0.2, 0.25) is 0 Å².